The van der Waals surface area contributed by atoms with Gasteiger partial charge >= 0.3 is 0 Å². The van der Waals surface area contributed by atoms with E-state index >= 15 is 0 Å². The molecule has 1 aromatic carbocycles. The molecule has 0 saturated carbocycles. The molecule has 4 rings (SSSR count). The second kappa shape index (κ2) is 11.1. The van der Waals surface area contributed by atoms with Gasteiger partial charge in [-0.05, 0) is 31.0 Å². The molecule has 2 amide bonds. The van der Waals surface area contributed by atoms with E-state index < -0.39 is 0 Å². The molecule has 182 valence electrons. The molecule has 1 saturated heterocycles. The van der Waals surface area contributed by atoms with E-state index in [1.165, 1.54) is 11.8 Å². The Hall–Kier alpha value is -2.72. The number of hydrogen-bond donors (Lipinski definition) is 1. The zero-order valence-corrected chi connectivity index (χ0v) is 20.8. The van der Waals surface area contributed by atoms with Crippen LogP contribution in [0.25, 0.3) is 0 Å². The van der Waals surface area contributed by atoms with Gasteiger partial charge in [-0.25, -0.2) is 9.97 Å². The number of fused-ring (bicyclic) bond motifs is 1. The van der Waals surface area contributed by atoms with E-state index in [-0.39, 0.29) is 30.4 Å². The summed E-state index contributed by atoms with van der Waals surface area (Å²) in [4.78, 5) is 37.6. The second-order valence-corrected chi connectivity index (χ2v) is 9.55. The number of carbonyl (C=O) groups is 2. The molecule has 2 aromatic rings. The molecule has 0 radical (unpaired) electrons. The average Bonchev–Trinajstić information content (AvgIpc) is 3.29. The lowest BCUT2D eigenvalue weighted by atomic mass is 10.1. The number of thioether (sulfide) groups is 1. The van der Waals surface area contributed by atoms with Crippen LogP contribution in [0.2, 0.25) is 5.15 Å². The number of hydrogen-bond acceptors (Lipinski definition) is 8. The predicted octanol–water partition coefficient (Wildman–Crippen LogP) is 3.10. The Labute approximate surface area is 208 Å². The highest BCUT2D eigenvalue weighted by Gasteiger charge is 2.28. The van der Waals surface area contributed by atoms with Crippen LogP contribution in [-0.2, 0) is 16.1 Å². The lowest BCUT2D eigenvalue weighted by Crippen LogP contribution is -2.54. The quantitative estimate of drug-likeness (QED) is 0.332. The number of rotatable bonds is 8. The van der Waals surface area contributed by atoms with Crippen LogP contribution in [0, 0.1) is 0 Å². The first-order valence-corrected chi connectivity index (χ1v) is 12.7. The van der Waals surface area contributed by atoms with Gasteiger partial charge < -0.3 is 24.6 Å². The molecule has 1 unspecified atom stereocenters. The molecule has 1 N–H and O–H groups in total. The number of carbonyl (C=O) groups excluding carboxylic acids is 2. The molecule has 34 heavy (non-hydrogen) atoms. The Bertz CT molecular complexity index is 1060. The summed E-state index contributed by atoms with van der Waals surface area (Å²) < 4.78 is 10.7. The number of nitrogens with zero attached hydrogens (tertiary/aromatic N) is 4. The number of amides is 2. The zero-order valence-electron chi connectivity index (χ0n) is 19.3. The molecule has 1 fully saturated rings. The SMILES string of the molecule is CCCC(=O)N1CCN(c2cc(Cl)nc(SCC(=O)NCc3ccc4c(c3)OCO4)n2)CC1C. The van der Waals surface area contributed by atoms with Crippen molar-refractivity contribution in [3.63, 3.8) is 0 Å². The number of ether oxygens (including phenoxy) is 2. The van der Waals surface area contributed by atoms with Gasteiger partial charge in [0.2, 0.25) is 18.6 Å². The van der Waals surface area contributed by atoms with Gasteiger partial charge in [0.1, 0.15) is 11.0 Å². The van der Waals surface area contributed by atoms with E-state index in [2.05, 4.69) is 20.2 Å². The minimum absolute atomic E-state index is 0.0830. The Morgan fingerprint density at radius 3 is 2.82 bits per heavy atom. The highest BCUT2D eigenvalue weighted by Crippen LogP contribution is 2.32. The molecule has 0 spiro atoms. The third-order valence-corrected chi connectivity index (χ3v) is 6.70. The summed E-state index contributed by atoms with van der Waals surface area (Å²) in [5, 5.41) is 3.66. The van der Waals surface area contributed by atoms with Crippen LogP contribution in [0.3, 0.4) is 0 Å². The number of nitrogens with one attached hydrogen (secondary N) is 1. The van der Waals surface area contributed by atoms with Crippen molar-refractivity contribution in [3.8, 4) is 11.5 Å². The maximum atomic E-state index is 12.4. The average molecular weight is 506 g/mol. The van der Waals surface area contributed by atoms with E-state index in [1.54, 1.807) is 6.07 Å². The first kappa shape index (κ1) is 24.4. The highest BCUT2D eigenvalue weighted by atomic mass is 35.5. The Morgan fingerprint density at radius 2 is 2.03 bits per heavy atom. The van der Waals surface area contributed by atoms with Gasteiger partial charge in [0.25, 0.3) is 0 Å². The van der Waals surface area contributed by atoms with Crippen molar-refractivity contribution < 1.29 is 19.1 Å². The normalized spacial score (nSPS) is 17.1. The summed E-state index contributed by atoms with van der Waals surface area (Å²) in [5.74, 6) is 2.33. The van der Waals surface area contributed by atoms with Gasteiger partial charge in [-0.1, -0.05) is 36.4 Å². The van der Waals surface area contributed by atoms with E-state index in [0.717, 1.165) is 12.0 Å². The van der Waals surface area contributed by atoms with Crippen LogP contribution in [0.4, 0.5) is 5.82 Å². The van der Waals surface area contributed by atoms with Crippen molar-refractivity contribution in [1.82, 2.24) is 20.2 Å². The zero-order chi connectivity index (χ0) is 24.1. The van der Waals surface area contributed by atoms with Crippen molar-refractivity contribution in [2.45, 2.75) is 44.4 Å². The number of anilines is 1. The Morgan fingerprint density at radius 1 is 1.21 bits per heavy atom. The van der Waals surface area contributed by atoms with Crippen LogP contribution in [-0.4, -0.2) is 64.9 Å². The van der Waals surface area contributed by atoms with Gasteiger partial charge in [0, 0.05) is 44.7 Å². The first-order valence-electron chi connectivity index (χ1n) is 11.3. The third kappa shape index (κ3) is 6.04. The molecule has 2 aliphatic rings. The maximum absolute atomic E-state index is 12.4. The Balaban J connectivity index is 1.30. The lowest BCUT2D eigenvalue weighted by molar-refractivity contribution is -0.133. The van der Waals surface area contributed by atoms with Crippen LogP contribution >= 0.6 is 23.4 Å². The van der Waals surface area contributed by atoms with Crippen molar-refractivity contribution in [2.75, 3.05) is 37.1 Å². The summed E-state index contributed by atoms with van der Waals surface area (Å²) in [6, 6.07) is 7.39. The number of benzene rings is 1. The van der Waals surface area contributed by atoms with Crippen molar-refractivity contribution in [2.24, 2.45) is 0 Å². The highest BCUT2D eigenvalue weighted by molar-refractivity contribution is 7.99. The summed E-state index contributed by atoms with van der Waals surface area (Å²) in [5.41, 5.74) is 0.926. The minimum Gasteiger partial charge on any atom is -0.454 e. The fourth-order valence-corrected chi connectivity index (χ4v) is 4.85. The molecule has 2 aliphatic heterocycles. The fraction of sp³-hybridized carbons (Fsp3) is 0.478. The van der Waals surface area contributed by atoms with E-state index in [4.69, 9.17) is 21.1 Å². The molecular formula is C23H28ClN5O4S. The van der Waals surface area contributed by atoms with Crippen molar-refractivity contribution in [1.29, 1.82) is 0 Å². The van der Waals surface area contributed by atoms with Gasteiger partial charge in [-0.3, -0.25) is 9.59 Å². The summed E-state index contributed by atoms with van der Waals surface area (Å²) in [6.45, 7) is 6.65. The van der Waals surface area contributed by atoms with Crippen LogP contribution in [0.15, 0.2) is 29.4 Å². The molecular weight excluding hydrogens is 478 g/mol. The smallest absolute Gasteiger partial charge is 0.231 e. The summed E-state index contributed by atoms with van der Waals surface area (Å²) in [6.07, 6.45) is 1.42. The molecule has 1 atom stereocenters. The van der Waals surface area contributed by atoms with Crippen LogP contribution in [0.5, 0.6) is 11.5 Å². The van der Waals surface area contributed by atoms with E-state index in [0.29, 0.717) is 60.2 Å². The van der Waals surface area contributed by atoms with Gasteiger partial charge in [0.05, 0.1) is 5.75 Å². The van der Waals surface area contributed by atoms with Crippen molar-refractivity contribution >= 4 is 41.0 Å². The summed E-state index contributed by atoms with van der Waals surface area (Å²) >= 11 is 7.48. The molecule has 1 aromatic heterocycles. The monoisotopic (exact) mass is 505 g/mol. The van der Waals surface area contributed by atoms with Crippen LogP contribution < -0.4 is 19.7 Å². The second-order valence-electron chi connectivity index (χ2n) is 8.22. The lowest BCUT2D eigenvalue weighted by Gasteiger charge is -2.40. The molecule has 3 heterocycles. The first-order chi connectivity index (χ1) is 16.4. The maximum Gasteiger partial charge on any atom is 0.231 e. The standard InChI is InChI=1S/C23H28ClN5O4S/c1-3-4-22(31)29-8-7-28(12-15(29)2)20-10-19(24)26-23(27-20)34-13-21(30)25-11-16-5-6-17-18(9-16)33-14-32-17/h5-6,9-10,15H,3-4,7-8,11-14H2,1-2H3,(H,25,30). The Kier molecular flexibility index (Phi) is 7.99. The molecule has 9 nitrogen and oxygen atoms in total. The predicted molar refractivity (Wildman–Crippen MR) is 130 cm³/mol. The molecule has 11 heteroatoms. The van der Waals surface area contributed by atoms with Crippen molar-refractivity contribution in [3.05, 3.63) is 35.0 Å². The van der Waals surface area contributed by atoms with Gasteiger partial charge in [-0.2, -0.15) is 0 Å². The summed E-state index contributed by atoms with van der Waals surface area (Å²) in [7, 11) is 0. The number of aromatic nitrogens is 2. The topological polar surface area (TPSA) is 96.9 Å². The van der Waals surface area contributed by atoms with Gasteiger partial charge in [-0.15, -0.1) is 0 Å². The van der Waals surface area contributed by atoms with E-state index in [1.807, 2.05) is 36.9 Å². The molecule has 0 aliphatic carbocycles. The largest absolute Gasteiger partial charge is 0.454 e. The van der Waals surface area contributed by atoms with Crippen LogP contribution in [0.1, 0.15) is 32.3 Å². The fourth-order valence-electron chi connectivity index (χ4n) is 3.94. The van der Waals surface area contributed by atoms with Gasteiger partial charge in [0.15, 0.2) is 16.7 Å². The number of piperazine rings is 1. The van der Waals surface area contributed by atoms with E-state index in [9.17, 15) is 9.59 Å². The minimum atomic E-state index is -0.135. The third-order valence-electron chi connectivity index (χ3n) is 5.66. The molecule has 0 bridgehead atoms. The number of halogens is 1.